The number of carbonyl (C=O) groups excluding carboxylic acids is 2. The van der Waals surface area contributed by atoms with E-state index in [1.54, 1.807) is 49.4 Å². The van der Waals surface area contributed by atoms with Crippen LogP contribution in [0.5, 0.6) is 11.5 Å². The number of ether oxygens (including phenoxy) is 2. The van der Waals surface area contributed by atoms with Gasteiger partial charge in [0.1, 0.15) is 18.1 Å². The van der Waals surface area contributed by atoms with Crippen molar-refractivity contribution in [3.05, 3.63) is 92.0 Å². The molecule has 0 unspecified atom stereocenters. The smallest absolute Gasteiger partial charge is 0.329 e. The van der Waals surface area contributed by atoms with Crippen LogP contribution in [0.4, 0.5) is 11.4 Å². The molecule has 186 valence electrons. The van der Waals surface area contributed by atoms with Gasteiger partial charge >= 0.3 is 11.8 Å². The topological polar surface area (TPSA) is 132 Å². The molecule has 2 amide bonds. The minimum Gasteiger partial charge on any atom is -0.496 e. The van der Waals surface area contributed by atoms with Crippen molar-refractivity contribution in [1.29, 1.82) is 0 Å². The third-order valence-electron chi connectivity index (χ3n) is 5.08. The molecule has 0 aromatic heterocycles. The molecular formula is C25H23ClN4O6. The highest BCUT2D eigenvalue weighted by Crippen LogP contribution is 2.26. The molecule has 3 rings (SSSR count). The molecule has 11 heteroatoms. The van der Waals surface area contributed by atoms with Gasteiger partial charge in [0, 0.05) is 27.9 Å². The van der Waals surface area contributed by atoms with Crippen molar-refractivity contribution >= 4 is 41.0 Å². The van der Waals surface area contributed by atoms with Gasteiger partial charge in [0.25, 0.3) is 5.69 Å². The number of rotatable bonds is 8. The van der Waals surface area contributed by atoms with Crippen LogP contribution in [0.3, 0.4) is 0 Å². The number of amides is 2. The van der Waals surface area contributed by atoms with Gasteiger partial charge in [-0.1, -0.05) is 17.7 Å². The number of benzene rings is 3. The second kappa shape index (κ2) is 11.8. The van der Waals surface area contributed by atoms with Gasteiger partial charge in [0.05, 0.1) is 18.2 Å². The summed E-state index contributed by atoms with van der Waals surface area (Å²) in [6, 6.07) is 14.5. The normalized spacial score (nSPS) is 10.7. The Morgan fingerprint density at radius 2 is 1.83 bits per heavy atom. The Balaban J connectivity index is 1.62. The highest BCUT2D eigenvalue weighted by atomic mass is 35.5. The first-order valence-corrected chi connectivity index (χ1v) is 11.0. The summed E-state index contributed by atoms with van der Waals surface area (Å²) in [5.41, 5.74) is 5.18. The fraction of sp³-hybridized carbons (Fsp3) is 0.160. The standard InChI is InChI=1S/C25H23ClN4O6/c1-15-4-6-19(12-21(15)26)28-24(31)25(32)29-27-13-17-5-9-23(35-3)18(11-17)14-36-20-7-8-22(30(33)34)16(2)10-20/h4-13H,14H2,1-3H3,(H,28,31)(H,29,32). The van der Waals surface area contributed by atoms with Gasteiger partial charge in [-0.3, -0.25) is 19.7 Å². The SMILES string of the molecule is COc1ccc(C=NNC(=O)C(=O)Nc2ccc(C)c(Cl)c2)cc1COc1ccc([N+](=O)[O-])c(C)c1. The van der Waals surface area contributed by atoms with E-state index in [-0.39, 0.29) is 12.3 Å². The van der Waals surface area contributed by atoms with Gasteiger partial charge in [0.15, 0.2) is 0 Å². The number of hydrazone groups is 1. The summed E-state index contributed by atoms with van der Waals surface area (Å²) in [4.78, 5) is 34.7. The molecule has 0 aliphatic heterocycles. The summed E-state index contributed by atoms with van der Waals surface area (Å²) in [6.45, 7) is 3.58. The number of hydrogen-bond donors (Lipinski definition) is 2. The second-order valence-corrected chi connectivity index (χ2v) is 8.09. The van der Waals surface area contributed by atoms with Crippen LogP contribution in [0.15, 0.2) is 59.7 Å². The van der Waals surface area contributed by atoms with Gasteiger partial charge in [-0.25, -0.2) is 5.43 Å². The number of carbonyl (C=O) groups is 2. The van der Waals surface area contributed by atoms with Crippen molar-refractivity contribution in [1.82, 2.24) is 5.43 Å². The lowest BCUT2D eigenvalue weighted by Crippen LogP contribution is -2.32. The van der Waals surface area contributed by atoms with Gasteiger partial charge in [-0.15, -0.1) is 0 Å². The number of hydrogen-bond acceptors (Lipinski definition) is 7. The van der Waals surface area contributed by atoms with Crippen molar-refractivity contribution in [2.45, 2.75) is 20.5 Å². The zero-order valence-electron chi connectivity index (χ0n) is 19.7. The van der Waals surface area contributed by atoms with E-state index >= 15 is 0 Å². The fourth-order valence-corrected chi connectivity index (χ4v) is 3.33. The van der Waals surface area contributed by atoms with Crippen LogP contribution in [0.1, 0.15) is 22.3 Å². The minimum absolute atomic E-state index is 0.0107. The highest BCUT2D eigenvalue weighted by Gasteiger charge is 2.14. The van der Waals surface area contributed by atoms with Crippen LogP contribution in [-0.2, 0) is 16.2 Å². The molecule has 0 saturated heterocycles. The molecule has 0 saturated carbocycles. The fourth-order valence-electron chi connectivity index (χ4n) is 3.15. The Hall–Kier alpha value is -4.44. The minimum atomic E-state index is -0.950. The van der Waals surface area contributed by atoms with E-state index in [2.05, 4.69) is 15.8 Å². The molecule has 0 radical (unpaired) electrons. The molecule has 10 nitrogen and oxygen atoms in total. The average Bonchev–Trinajstić information content (AvgIpc) is 2.84. The zero-order valence-corrected chi connectivity index (χ0v) is 20.5. The summed E-state index contributed by atoms with van der Waals surface area (Å²) in [5, 5.41) is 17.7. The molecule has 3 aromatic rings. The Bertz CT molecular complexity index is 1340. The van der Waals surface area contributed by atoms with E-state index in [0.717, 1.165) is 5.56 Å². The first-order chi connectivity index (χ1) is 17.2. The van der Waals surface area contributed by atoms with Crippen LogP contribution in [0, 0.1) is 24.0 Å². The Morgan fingerprint density at radius 3 is 2.50 bits per heavy atom. The number of anilines is 1. The van der Waals surface area contributed by atoms with Crippen molar-refractivity contribution in [2.24, 2.45) is 5.10 Å². The van der Waals surface area contributed by atoms with Gasteiger partial charge < -0.3 is 14.8 Å². The number of nitro benzene ring substituents is 1. The summed E-state index contributed by atoms with van der Waals surface area (Å²) in [5.74, 6) is -0.818. The Kier molecular flexibility index (Phi) is 8.58. The molecule has 0 fully saturated rings. The first kappa shape index (κ1) is 26.2. The third kappa shape index (κ3) is 6.80. The molecule has 2 N–H and O–H groups in total. The third-order valence-corrected chi connectivity index (χ3v) is 5.49. The maximum atomic E-state index is 12.1. The van der Waals surface area contributed by atoms with E-state index in [9.17, 15) is 19.7 Å². The number of halogens is 1. The number of nitrogens with one attached hydrogen (secondary N) is 2. The van der Waals surface area contributed by atoms with Crippen molar-refractivity contribution < 1.29 is 24.0 Å². The van der Waals surface area contributed by atoms with Crippen molar-refractivity contribution in [3.63, 3.8) is 0 Å². The highest BCUT2D eigenvalue weighted by molar-refractivity contribution is 6.39. The lowest BCUT2D eigenvalue weighted by Gasteiger charge is -2.11. The predicted molar refractivity (Wildman–Crippen MR) is 136 cm³/mol. The number of nitrogens with zero attached hydrogens (tertiary/aromatic N) is 2. The lowest BCUT2D eigenvalue weighted by molar-refractivity contribution is -0.385. The van der Waals surface area contributed by atoms with E-state index in [1.165, 1.54) is 25.5 Å². The predicted octanol–water partition coefficient (Wildman–Crippen LogP) is 4.54. The molecule has 0 atom stereocenters. The average molecular weight is 511 g/mol. The zero-order chi connectivity index (χ0) is 26.2. The van der Waals surface area contributed by atoms with Crippen LogP contribution in [-0.4, -0.2) is 30.1 Å². The summed E-state index contributed by atoms with van der Waals surface area (Å²) in [6.07, 6.45) is 1.37. The van der Waals surface area contributed by atoms with Crippen molar-refractivity contribution in [3.8, 4) is 11.5 Å². The number of aryl methyl sites for hydroxylation is 2. The van der Waals surface area contributed by atoms with Crippen molar-refractivity contribution in [2.75, 3.05) is 12.4 Å². The van der Waals surface area contributed by atoms with E-state index in [1.807, 2.05) is 6.92 Å². The summed E-state index contributed by atoms with van der Waals surface area (Å²) < 4.78 is 11.1. The molecule has 0 bridgehead atoms. The maximum Gasteiger partial charge on any atom is 0.329 e. The summed E-state index contributed by atoms with van der Waals surface area (Å²) in [7, 11) is 1.52. The Labute approximate surface area is 212 Å². The lowest BCUT2D eigenvalue weighted by atomic mass is 10.1. The second-order valence-electron chi connectivity index (χ2n) is 7.68. The molecule has 3 aromatic carbocycles. The number of nitro groups is 1. The molecule has 0 heterocycles. The van der Waals surface area contributed by atoms with E-state index < -0.39 is 16.7 Å². The molecule has 0 aliphatic carbocycles. The van der Waals surface area contributed by atoms with Crippen LogP contribution < -0.4 is 20.2 Å². The van der Waals surface area contributed by atoms with Gasteiger partial charge in [-0.05, 0) is 67.4 Å². The largest absolute Gasteiger partial charge is 0.496 e. The molecule has 0 aliphatic rings. The van der Waals surface area contributed by atoms with Gasteiger partial charge in [-0.2, -0.15) is 5.10 Å². The summed E-state index contributed by atoms with van der Waals surface area (Å²) >= 11 is 6.03. The number of methoxy groups -OCH3 is 1. The quantitative estimate of drug-likeness (QED) is 0.198. The van der Waals surface area contributed by atoms with Crippen LogP contribution in [0.25, 0.3) is 0 Å². The van der Waals surface area contributed by atoms with Crippen LogP contribution >= 0.6 is 11.6 Å². The monoisotopic (exact) mass is 510 g/mol. The molecule has 36 heavy (non-hydrogen) atoms. The Morgan fingerprint density at radius 1 is 1.06 bits per heavy atom. The molecule has 0 spiro atoms. The maximum absolute atomic E-state index is 12.1. The van der Waals surface area contributed by atoms with E-state index in [0.29, 0.717) is 38.9 Å². The van der Waals surface area contributed by atoms with E-state index in [4.69, 9.17) is 21.1 Å². The first-order valence-electron chi connectivity index (χ1n) is 10.6. The molecular weight excluding hydrogens is 488 g/mol. The van der Waals surface area contributed by atoms with Crippen LogP contribution in [0.2, 0.25) is 5.02 Å². The van der Waals surface area contributed by atoms with Gasteiger partial charge in [0.2, 0.25) is 0 Å².